The number of para-hydroxylation sites is 1. The molecule has 2 amide bonds. The molecule has 168 valence electrons. The molecule has 0 spiro atoms. The second kappa shape index (κ2) is 10.1. The van der Waals surface area contributed by atoms with Crippen molar-refractivity contribution in [3.8, 4) is 0 Å². The number of unbranched alkanes of at least 4 members (excludes halogenated alkanes) is 1. The quantitative estimate of drug-likeness (QED) is 0.427. The van der Waals surface area contributed by atoms with Crippen molar-refractivity contribution in [3.63, 3.8) is 0 Å². The van der Waals surface area contributed by atoms with Crippen LogP contribution < -0.4 is 4.90 Å². The molecule has 6 heteroatoms. The maximum absolute atomic E-state index is 13.6. The number of amides is 2. The lowest BCUT2D eigenvalue weighted by molar-refractivity contribution is -0.137. The van der Waals surface area contributed by atoms with Crippen LogP contribution in [0.2, 0.25) is 0 Å². The van der Waals surface area contributed by atoms with Crippen molar-refractivity contribution >= 4 is 23.1 Å². The van der Waals surface area contributed by atoms with Gasteiger partial charge in [-0.2, -0.15) is 0 Å². The maximum atomic E-state index is 13.6. The van der Waals surface area contributed by atoms with E-state index in [-0.39, 0.29) is 17.6 Å². The fourth-order valence-corrected chi connectivity index (χ4v) is 4.33. The zero-order chi connectivity index (χ0) is 22.5. The first-order valence-corrected chi connectivity index (χ1v) is 11.4. The number of rotatable bonds is 9. The first kappa shape index (κ1) is 22.2. The molecule has 0 radical (unpaired) electrons. The third-order valence-corrected chi connectivity index (χ3v) is 5.97. The number of halogens is 1. The maximum Gasteiger partial charge on any atom is 0.278 e. The van der Waals surface area contributed by atoms with E-state index in [1.165, 1.54) is 17.0 Å². The van der Waals surface area contributed by atoms with Crippen LogP contribution in [0.4, 0.5) is 10.1 Å². The van der Waals surface area contributed by atoms with Crippen molar-refractivity contribution in [3.05, 3.63) is 71.2 Å². The second-order valence-corrected chi connectivity index (χ2v) is 8.20. The van der Waals surface area contributed by atoms with Gasteiger partial charge in [-0.3, -0.25) is 14.5 Å². The van der Waals surface area contributed by atoms with Crippen molar-refractivity contribution in [2.75, 3.05) is 31.2 Å². The molecule has 0 saturated heterocycles. The number of nitrogens with zero attached hydrogens (tertiary/aromatic N) is 2. The highest BCUT2D eigenvalue weighted by Gasteiger charge is 2.42. The normalized spacial score (nSPS) is 16.2. The molecule has 2 aliphatic heterocycles. The third-order valence-electron chi connectivity index (χ3n) is 5.97. The zero-order valence-corrected chi connectivity index (χ0v) is 18.5. The summed E-state index contributed by atoms with van der Waals surface area (Å²) in [5, 5.41) is 0. The van der Waals surface area contributed by atoms with E-state index in [0.717, 1.165) is 36.9 Å². The Hall–Kier alpha value is -2.99. The van der Waals surface area contributed by atoms with Crippen molar-refractivity contribution in [1.29, 1.82) is 0 Å². The van der Waals surface area contributed by atoms with Crippen LogP contribution in [0.25, 0.3) is 5.57 Å². The molecule has 0 fully saturated rings. The number of anilines is 1. The topological polar surface area (TPSA) is 49.9 Å². The second-order valence-electron chi connectivity index (χ2n) is 8.20. The molecule has 0 saturated carbocycles. The molecule has 0 aliphatic carbocycles. The van der Waals surface area contributed by atoms with Crippen LogP contribution >= 0.6 is 0 Å². The highest BCUT2D eigenvalue weighted by molar-refractivity contribution is 6.36. The average molecular weight is 437 g/mol. The molecule has 0 bridgehead atoms. The number of carbonyl (C=O) groups excluding carboxylic acids is 2. The summed E-state index contributed by atoms with van der Waals surface area (Å²) >= 11 is 0. The number of hydrogen-bond donors (Lipinski definition) is 0. The Kier molecular flexibility index (Phi) is 7.00. The Labute approximate surface area is 188 Å². The summed E-state index contributed by atoms with van der Waals surface area (Å²) in [5.74, 6) is -0.995. The van der Waals surface area contributed by atoms with Crippen LogP contribution in [0, 0.1) is 5.82 Å². The van der Waals surface area contributed by atoms with Gasteiger partial charge in [-0.25, -0.2) is 4.39 Å². The van der Waals surface area contributed by atoms with Gasteiger partial charge in [-0.1, -0.05) is 43.7 Å². The molecule has 0 aromatic heterocycles. The van der Waals surface area contributed by atoms with Crippen LogP contribution in [-0.2, 0) is 20.7 Å². The van der Waals surface area contributed by atoms with Gasteiger partial charge < -0.3 is 9.64 Å². The molecule has 32 heavy (non-hydrogen) atoms. The van der Waals surface area contributed by atoms with E-state index in [1.807, 2.05) is 23.1 Å². The summed E-state index contributed by atoms with van der Waals surface area (Å²) in [7, 11) is 0. The van der Waals surface area contributed by atoms with E-state index in [2.05, 4.69) is 13.0 Å². The van der Waals surface area contributed by atoms with Crippen molar-refractivity contribution in [2.45, 2.75) is 39.0 Å². The highest BCUT2D eigenvalue weighted by Crippen LogP contribution is 2.37. The fraction of sp³-hybridized carbons (Fsp3) is 0.385. The van der Waals surface area contributed by atoms with E-state index in [9.17, 15) is 14.0 Å². The van der Waals surface area contributed by atoms with Gasteiger partial charge in [0.25, 0.3) is 11.8 Å². The van der Waals surface area contributed by atoms with Crippen LogP contribution in [-0.4, -0.2) is 43.0 Å². The summed E-state index contributed by atoms with van der Waals surface area (Å²) < 4.78 is 19.2. The summed E-state index contributed by atoms with van der Waals surface area (Å²) in [6.45, 7) is 4.25. The van der Waals surface area contributed by atoms with Crippen molar-refractivity contribution in [1.82, 2.24) is 4.90 Å². The molecule has 0 atom stereocenters. The summed E-state index contributed by atoms with van der Waals surface area (Å²) in [6, 6.07) is 13.8. The van der Waals surface area contributed by atoms with Gasteiger partial charge in [0.2, 0.25) is 0 Å². The van der Waals surface area contributed by atoms with Gasteiger partial charge in [0.15, 0.2) is 0 Å². The Morgan fingerprint density at radius 1 is 0.969 bits per heavy atom. The Balaban J connectivity index is 1.65. The van der Waals surface area contributed by atoms with Crippen LogP contribution in [0.15, 0.2) is 54.2 Å². The standard InChI is InChI=1S/C26H29FN2O3/c1-2-3-17-32-18-7-16-29-25(30)23(20-11-13-21(27)14-12-20)24(26(29)31)28-15-6-9-19-8-4-5-10-22(19)28/h4-5,8,10-14H,2-3,6-7,9,15-18H2,1H3. The van der Waals surface area contributed by atoms with Gasteiger partial charge in [0, 0.05) is 32.0 Å². The molecule has 5 nitrogen and oxygen atoms in total. The Morgan fingerprint density at radius 3 is 2.50 bits per heavy atom. The lowest BCUT2D eigenvalue weighted by Gasteiger charge is -2.32. The van der Waals surface area contributed by atoms with E-state index >= 15 is 0 Å². The number of imide groups is 1. The number of fused-ring (bicyclic) bond motifs is 1. The smallest absolute Gasteiger partial charge is 0.278 e. The third kappa shape index (κ3) is 4.46. The van der Waals surface area contributed by atoms with Gasteiger partial charge in [-0.15, -0.1) is 0 Å². The molecule has 0 unspecified atom stereocenters. The molecule has 0 N–H and O–H groups in total. The number of ether oxygens (including phenoxy) is 1. The average Bonchev–Trinajstić information content (AvgIpc) is 3.06. The summed E-state index contributed by atoms with van der Waals surface area (Å²) in [5.41, 5.74) is 3.41. The van der Waals surface area contributed by atoms with E-state index in [0.29, 0.717) is 49.6 Å². The summed E-state index contributed by atoms with van der Waals surface area (Å²) in [6.07, 6.45) is 4.48. The molecule has 4 rings (SSSR count). The molecule has 2 aromatic carbocycles. The Bertz CT molecular complexity index is 1020. The van der Waals surface area contributed by atoms with Crippen LogP contribution in [0.3, 0.4) is 0 Å². The largest absolute Gasteiger partial charge is 0.381 e. The van der Waals surface area contributed by atoms with Crippen molar-refractivity contribution in [2.24, 2.45) is 0 Å². The predicted octanol–water partition coefficient (Wildman–Crippen LogP) is 4.57. The van der Waals surface area contributed by atoms with Crippen LogP contribution in [0.1, 0.15) is 43.7 Å². The summed E-state index contributed by atoms with van der Waals surface area (Å²) in [4.78, 5) is 30.2. The lowest BCUT2D eigenvalue weighted by atomic mass is 9.98. The monoisotopic (exact) mass is 436 g/mol. The highest BCUT2D eigenvalue weighted by atomic mass is 19.1. The minimum absolute atomic E-state index is 0.292. The molecule has 2 heterocycles. The predicted molar refractivity (Wildman–Crippen MR) is 122 cm³/mol. The molecule has 2 aliphatic rings. The fourth-order valence-electron chi connectivity index (χ4n) is 4.33. The first-order chi connectivity index (χ1) is 15.6. The minimum Gasteiger partial charge on any atom is -0.381 e. The van der Waals surface area contributed by atoms with Gasteiger partial charge in [0.05, 0.1) is 5.57 Å². The zero-order valence-electron chi connectivity index (χ0n) is 18.5. The molecular weight excluding hydrogens is 407 g/mol. The SMILES string of the molecule is CCCCOCCCN1C(=O)C(c2ccc(F)cc2)=C(N2CCCc3ccccc32)C1=O. The molecule has 2 aromatic rings. The van der Waals surface area contributed by atoms with Gasteiger partial charge >= 0.3 is 0 Å². The van der Waals surface area contributed by atoms with Gasteiger partial charge in [-0.05, 0) is 55.0 Å². The van der Waals surface area contributed by atoms with Gasteiger partial charge in [0.1, 0.15) is 11.5 Å². The minimum atomic E-state index is -0.378. The number of aryl methyl sites for hydroxylation is 1. The Morgan fingerprint density at radius 2 is 1.72 bits per heavy atom. The van der Waals surface area contributed by atoms with E-state index < -0.39 is 0 Å². The number of hydrogen-bond acceptors (Lipinski definition) is 4. The van der Waals surface area contributed by atoms with E-state index in [4.69, 9.17) is 4.74 Å². The van der Waals surface area contributed by atoms with E-state index in [1.54, 1.807) is 12.1 Å². The first-order valence-electron chi connectivity index (χ1n) is 11.4. The van der Waals surface area contributed by atoms with Crippen LogP contribution in [0.5, 0.6) is 0 Å². The number of carbonyl (C=O) groups is 2. The van der Waals surface area contributed by atoms with Crippen molar-refractivity contribution < 1.29 is 18.7 Å². The molecular formula is C26H29FN2O3. The lowest BCUT2D eigenvalue weighted by Crippen LogP contribution is -2.37. The number of benzene rings is 2.